The molecule has 2 amide bonds. The molecule has 12 nitrogen and oxygen atoms in total. The zero-order chi connectivity index (χ0) is 37.9. The molecule has 0 aromatic heterocycles. The Kier molecular flexibility index (Phi) is 13.4. The van der Waals surface area contributed by atoms with Crippen LogP contribution in [-0.2, 0) is 50.7 Å². The molecule has 3 aromatic carbocycles. The van der Waals surface area contributed by atoms with E-state index in [9.17, 15) is 41.9 Å². The number of hydrogen-bond acceptors (Lipinski definition) is 10. The number of carbonyl (C=O) groups is 6. The van der Waals surface area contributed by atoms with Gasteiger partial charge < -0.3 is 29.2 Å². The fraction of sp³-hybridized carbons (Fsp3) is 0.333. The van der Waals surface area contributed by atoms with Crippen molar-refractivity contribution >= 4 is 41.4 Å². The normalized spacial score (nSPS) is 11.2. The van der Waals surface area contributed by atoms with Crippen molar-refractivity contribution in [3.05, 3.63) is 89.0 Å². The number of esters is 4. The van der Waals surface area contributed by atoms with E-state index in [1.165, 1.54) is 76.2 Å². The summed E-state index contributed by atoms with van der Waals surface area (Å²) in [7, 11) is 2.93. The molecule has 3 aromatic rings. The quantitative estimate of drug-likeness (QED) is 0.136. The summed E-state index contributed by atoms with van der Waals surface area (Å²) in [6, 6.07) is 14.7. The van der Waals surface area contributed by atoms with E-state index in [0.717, 1.165) is 12.1 Å². The fourth-order valence-electron chi connectivity index (χ4n) is 4.79. The molecular weight excluding hydrogens is 677 g/mol. The molecule has 0 aliphatic carbocycles. The molecule has 0 aliphatic rings. The molecule has 0 aliphatic heterocycles. The predicted molar refractivity (Wildman–Crippen MR) is 176 cm³/mol. The van der Waals surface area contributed by atoms with Gasteiger partial charge in [-0.25, -0.2) is 0 Å². The SMILES string of the molecule is CCOC(=O)C(COC(=O)Cc1ccc(NC(=O)c2ccccc2-c2ccc(C(F)(F)F)cc2)c(C(=O)N(C)C)c1)(C(=O)OCC)C(=O)OCC. The van der Waals surface area contributed by atoms with Gasteiger partial charge in [-0.1, -0.05) is 36.4 Å². The van der Waals surface area contributed by atoms with Crippen LogP contribution in [0.3, 0.4) is 0 Å². The fourth-order valence-corrected chi connectivity index (χ4v) is 4.79. The number of ether oxygens (including phenoxy) is 4. The van der Waals surface area contributed by atoms with Crippen LogP contribution in [0.25, 0.3) is 11.1 Å². The van der Waals surface area contributed by atoms with Gasteiger partial charge in [-0.2, -0.15) is 13.2 Å². The molecule has 51 heavy (non-hydrogen) atoms. The zero-order valence-electron chi connectivity index (χ0n) is 28.5. The largest absolute Gasteiger partial charge is 0.465 e. The van der Waals surface area contributed by atoms with Gasteiger partial charge in [-0.3, -0.25) is 28.8 Å². The third-order valence-electron chi connectivity index (χ3n) is 7.33. The monoisotopic (exact) mass is 714 g/mol. The Hall–Kier alpha value is -5.73. The number of rotatable bonds is 14. The summed E-state index contributed by atoms with van der Waals surface area (Å²) in [6.45, 7) is 2.63. The summed E-state index contributed by atoms with van der Waals surface area (Å²) < 4.78 is 59.4. The second-order valence-corrected chi connectivity index (χ2v) is 11.1. The first-order valence-corrected chi connectivity index (χ1v) is 15.7. The third-order valence-corrected chi connectivity index (χ3v) is 7.33. The van der Waals surface area contributed by atoms with Gasteiger partial charge in [-0.05, 0) is 67.8 Å². The number of alkyl halides is 3. The molecule has 0 unspecified atom stereocenters. The van der Waals surface area contributed by atoms with Crippen LogP contribution >= 0.6 is 0 Å². The molecule has 0 fully saturated rings. The Morgan fingerprint density at radius 3 is 1.76 bits per heavy atom. The number of carbonyl (C=O) groups excluding carboxylic acids is 6. The minimum absolute atomic E-state index is 0.0235. The molecule has 0 saturated carbocycles. The standard InChI is InChI=1S/C36H37F3N2O10/c1-6-48-32(45)35(33(46)49-7-2,34(47)50-8-3)21-51-29(42)20-22-13-18-28(27(19-22)31(44)41(4)5)40-30(43)26-12-10-9-11-25(26)23-14-16-24(17-15-23)36(37,38)39/h9-19H,6-8,20-21H2,1-5H3,(H,40,43). The van der Waals surface area contributed by atoms with Crippen molar-refractivity contribution in [2.24, 2.45) is 5.41 Å². The van der Waals surface area contributed by atoms with E-state index in [2.05, 4.69) is 5.32 Å². The smallest absolute Gasteiger partial charge is 0.416 e. The summed E-state index contributed by atoms with van der Waals surface area (Å²) in [6.07, 6.45) is -5.03. The molecule has 272 valence electrons. The van der Waals surface area contributed by atoms with E-state index in [1.807, 2.05) is 0 Å². The predicted octanol–water partition coefficient (Wildman–Crippen LogP) is 5.09. The molecule has 15 heteroatoms. The van der Waals surface area contributed by atoms with Crippen LogP contribution in [0.4, 0.5) is 18.9 Å². The van der Waals surface area contributed by atoms with Crippen molar-refractivity contribution in [1.82, 2.24) is 4.90 Å². The highest BCUT2D eigenvalue weighted by Crippen LogP contribution is 2.32. The molecule has 1 N–H and O–H groups in total. The van der Waals surface area contributed by atoms with Crippen molar-refractivity contribution < 1.29 is 60.9 Å². The molecule has 0 spiro atoms. The number of benzene rings is 3. The van der Waals surface area contributed by atoms with Gasteiger partial charge in [-0.15, -0.1) is 0 Å². The zero-order valence-corrected chi connectivity index (χ0v) is 28.5. The summed E-state index contributed by atoms with van der Waals surface area (Å²) in [5.41, 5.74) is -2.52. The van der Waals surface area contributed by atoms with Crippen molar-refractivity contribution in [3.63, 3.8) is 0 Å². The lowest BCUT2D eigenvalue weighted by atomic mass is 9.89. The van der Waals surface area contributed by atoms with Crippen LogP contribution in [0.5, 0.6) is 0 Å². The molecule has 0 atom stereocenters. The second kappa shape index (κ2) is 17.3. The topological polar surface area (TPSA) is 155 Å². The van der Waals surface area contributed by atoms with E-state index in [4.69, 9.17) is 18.9 Å². The highest BCUT2D eigenvalue weighted by molar-refractivity contribution is 6.18. The maximum absolute atomic E-state index is 13.5. The Labute approximate surface area is 291 Å². The van der Waals surface area contributed by atoms with Crippen molar-refractivity contribution in [2.45, 2.75) is 33.4 Å². The van der Waals surface area contributed by atoms with Crippen LogP contribution in [0.1, 0.15) is 52.6 Å². The van der Waals surface area contributed by atoms with Crippen molar-refractivity contribution in [2.75, 3.05) is 45.8 Å². The van der Waals surface area contributed by atoms with E-state index < -0.39 is 65.9 Å². The highest BCUT2D eigenvalue weighted by Gasteiger charge is 2.59. The summed E-state index contributed by atoms with van der Waals surface area (Å²) in [5.74, 6) is -6.19. The average Bonchev–Trinajstić information content (AvgIpc) is 3.08. The number of nitrogens with zero attached hydrogens (tertiary/aromatic N) is 1. The van der Waals surface area contributed by atoms with Crippen molar-refractivity contribution in [1.29, 1.82) is 0 Å². The lowest BCUT2D eigenvalue weighted by molar-refractivity contribution is -0.189. The minimum Gasteiger partial charge on any atom is -0.465 e. The van der Waals surface area contributed by atoms with E-state index >= 15 is 0 Å². The van der Waals surface area contributed by atoms with E-state index in [0.29, 0.717) is 11.1 Å². The first-order valence-electron chi connectivity index (χ1n) is 15.7. The third kappa shape index (κ3) is 9.50. The number of anilines is 1. The first-order chi connectivity index (χ1) is 24.1. The average molecular weight is 715 g/mol. The lowest BCUT2D eigenvalue weighted by Crippen LogP contribution is -2.53. The molecule has 0 bridgehead atoms. The van der Waals surface area contributed by atoms with E-state index in [1.54, 1.807) is 18.2 Å². The van der Waals surface area contributed by atoms with E-state index in [-0.39, 0.29) is 42.2 Å². The van der Waals surface area contributed by atoms with Crippen LogP contribution < -0.4 is 5.32 Å². The second-order valence-electron chi connectivity index (χ2n) is 11.1. The van der Waals surface area contributed by atoms with Gasteiger partial charge >= 0.3 is 30.1 Å². The van der Waals surface area contributed by atoms with Gasteiger partial charge in [0.2, 0.25) is 0 Å². The van der Waals surface area contributed by atoms with Crippen molar-refractivity contribution in [3.8, 4) is 11.1 Å². The maximum atomic E-state index is 13.5. The van der Waals surface area contributed by atoms with Crippen LogP contribution in [-0.4, -0.2) is 81.1 Å². The molecule has 0 saturated heterocycles. The Morgan fingerprint density at radius 1 is 0.706 bits per heavy atom. The minimum atomic E-state index is -4.54. The maximum Gasteiger partial charge on any atom is 0.416 e. The van der Waals surface area contributed by atoms with Crippen LogP contribution in [0.2, 0.25) is 0 Å². The Morgan fingerprint density at radius 2 is 1.25 bits per heavy atom. The van der Waals surface area contributed by atoms with Gasteiger partial charge in [0.05, 0.1) is 43.1 Å². The lowest BCUT2D eigenvalue weighted by Gasteiger charge is -2.26. The Bertz CT molecular complexity index is 1730. The van der Waals surface area contributed by atoms with Gasteiger partial charge in [0, 0.05) is 19.7 Å². The summed E-state index contributed by atoms with van der Waals surface area (Å²) in [5, 5.41) is 2.67. The number of amides is 2. The van der Waals surface area contributed by atoms with Crippen LogP contribution in [0.15, 0.2) is 66.7 Å². The van der Waals surface area contributed by atoms with Gasteiger partial charge in [0.25, 0.3) is 17.2 Å². The molecular formula is C36H37F3N2O10. The highest BCUT2D eigenvalue weighted by atomic mass is 19.4. The van der Waals surface area contributed by atoms with Crippen LogP contribution in [0, 0.1) is 5.41 Å². The number of halogens is 3. The number of hydrogen-bond donors (Lipinski definition) is 1. The molecule has 3 rings (SSSR count). The number of nitrogens with one attached hydrogen (secondary N) is 1. The summed E-state index contributed by atoms with van der Waals surface area (Å²) >= 11 is 0. The van der Waals surface area contributed by atoms with Gasteiger partial charge in [0.1, 0.15) is 6.61 Å². The molecule has 0 radical (unpaired) electrons. The van der Waals surface area contributed by atoms with Gasteiger partial charge in [0.15, 0.2) is 0 Å². The first kappa shape index (κ1) is 39.7. The summed E-state index contributed by atoms with van der Waals surface area (Å²) in [4.78, 5) is 79.7. The molecule has 0 heterocycles. The Balaban J connectivity index is 1.90.